The first-order valence-corrected chi connectivity index (χ1v) is 5.50. The van der Waals surface area contributed by atoms with Crippen molar-refractivity contribution in [3.63, 3.8) is 0 Å². The molecule has 6 heteroatoms. The summed E-state index contributed by atoms with van der Waals surface area (Å²) in [5.74, 6) is -1.14. The summed E-state index contributed by atoms with van der Waals surface area (Å²) in [4.78, 5) is 19.5. The number of pyridine rings is 2. The van der Waals surface area contributed by atoms with Crippen molar-refractivity contribution in [2.75, 3.05) is 5.32 Å². The SMILES string of the molecule is Cc1ncccc1NC(=O)c1cc(F)cnc1Cl. The first kappa shape index (κ1) is 12.4. The molecule has 0 radical (unpaired) electrons. The van der Waals surface area contributed by atoms with Crippen LogP contribution in [0.25, 0.3) is 0 Å². The van der Waals surface area contributed by atoms with Crippen molar-refractivity contribution in [1.29, 1.82) is 0 Å². The molecular weight excluding hydrogens is 257 g/mol. The van der Waals surface area contributed by atoms with Crippen LogP contribution in [0.4, 0.5) is 10.1 Å². The fourth-order valence-electron chi connectivity index (χ4n) is 1.39. The van der Waals surface area contributed by atoms with Crippen LogP contribution in [0.3, 0.4) is 0 Å². The van der Waals surface area contributed by atoms with Crippen LogP contribution in [-0.4, -0.2) is 15.9 Å². The highest BCUT2D eigenvalue weighted by Gasteiger charge is 2.13. The van der Waals surface area contributed by atoms with Crippen molar-refractivity contribution < 1.29 is 9.18 Å². The number of nitrogens with one attached hydrogen (secondary N) is 1. The lowest BCUT2D eigenvalue weighted by Crippen LogP contribution is -2.14. The van der Waals surface area contributed by atoms with E-state index in [2.05, 4.69) is 15.3 Å². The van der Waals surface area contributed by atoms with E-state index in [1.165, 1.54) is 0 Å². The van der Waals surface area contributed by atoms with Crippen molar-refractivity contribution >= 4 is 23.2 Å². The Kier molecular flexibility index (Phi) is 3.53. The van der Waals surface area contributed by atoms with Gasteiger partial charge in [-0.05, 0) is 25.1 Å². The van der Waals surface area contributed by atoms with E-state index in [9.17, 15) is 9.18 Å². The summed E-state index contributed by atoms with van der Waals surface area (Å²) >= 11 is 5.74. The average Bonchev–Trinajstić information content (AvgIpc) is 2.35. The topological polar surface area (TPSA) is 54.9 Å². The van der Waals surface area contributed by atoms with E-state index in [0.717, 1.165) is 12.3 Å². The number of amides is 1. The van der Waals surface area contributed by atoms with Crippen LogP contribution in [0.15, 0.2) is 30.6 Å². The maximum atomic E-state index is 13.0. The number of carbonyl (C=O) groups is 1. The number of carbonyl (C=O) groups excluding carboxylic acids is 1. The molecule has 4 nitrogen and oxygen atoms in total. The van der Waals surface area contributed by atoms with Gasteiger partial charge >= 0.3 is 0 Å². The van der Waals surface area contributed by atoms with Crippen LogP contribution in [0, 0.1) is 12.7 Å². The first-order chi connectivity index (χ1) is 8.58. The van der Waals surface area contributed by atoms with Gasteiger partial charge in [-0.15, -0.1) is 0 Å². The maximum absolute atomic E-state index is 13.0. The van der Waals surface area contributed by atoms with Crippen molar-refractivity contribution in [3.8, 4) is 0 Å². The summed E-state index contributed by atoms with van der Waals surface area (Å²) in [5, 5.41) is 2.56. The van der Waals surface area contributed by atoms with Gasteiger partial charge in [-0.25, -0.2) is 9.37 Å². The molecule has 92 valence electrons. The van der Waals surface area contributed by atoms with E-state index < -0.39 is 11.7 Å². The molecule has 0 bridgehead atoms. The second kappa shape index (κ2) is 5.10. The maximum Gasteiger partial charge on any atom is 0.258 e. The normalized spacial score (nSPS) is 10.2. The third-order valence-electron chi connectivity index (χ3n) is 2.31. The van der Waals surface area contributed by atoms with Gasteiger partial charge in [0.25, 0.3) is 5.91 Å². The fraction of sp³-hybridized carbons (Fsp3) is 0.0833. The van der Waals surface area contributed by atoms with Crippen LogP contribution in [0.2, 0.25) is 5.15 Å². The molecule has 2 aromatic heterocycles. The highest BCUT2D eigenvalue weighted by molar-refractivity contribution is 6.33. The smallest absolute Gasteiger partial charge is 0.258 e. The predicted octanol–water partition coefficient (Wildman–Crippen LogP) is 2.83. The van der Waals surface area contributed by atoms with Crippen LogP contribution in [0.5, 0.6) is 0 Å². The summed E-state index contributed by atoms with van der Waals surface area (Å²) in [7, 11) is 0. The van der Waals surface area contributed by atoms with Gasteiger partial charge < -0.3 is 5.32 Å². The Morgan fingerprint density at radius 2 is 2.22 bits per heavy atom. The molecule has 0 aromatic carbocycles. The lowest BCUT2D eigenvalue weighted by Gasteiger charge is -2.08. The molecule has 0 aliphatic heterocycles. The Morgan fingerprint density at radius 1 is 1.44 bits per heavy atom. The third kappa shape index (κ3) is 2.62. The van der Waals surface area contributed by atoms with Gasteiger partial charge in [0.1, 0.15) is 11.0 Å². The van der Waals surface area contributed by atoms with Gasteiger partial charge in [0.05, 0.1) is 23.1 Å². The van der Waals surface area contributed by atoms with Gasteiger partial charge in [0.2, 0.25) is 0 Å². The summed E-state index contributed by atoms with van der Waals surface area (Å²) in [6.45, 7) is 1.75. The summed E-state index contributed by atoms with van der Waals surface area (Å²) in [6, 6.07) is 4.42. The highest BCUT2D eigenvalue weighted by atomic mass is 35.5. The Bertz CT molecular complexity index is 604. The van der Waals surface area contributed by atoms with E-state index in [1.54, 1.807) is 25.3 Å². The molecule has 1 amide bonds. The molecule has 0 saturated heterocycles. The van der Waals surface area contributed by atoms with Crippen LogP contribution in [-0.2, 0) is 0 Å². The monoisotopic (exact) mass is 265 g/mol. The zero-order valence-electron chi connectivity index (χ0n) is 9.45. The zero-order valence-corrected chi connectivity index (χ0v) is 10.2. The van der Waals surface area contributed by atoms with Gasteiger partial charge in [0, 0.05) is 6.20 Å². The quantitative estimate of drug-likeness (QED) is 0.850. The standard InChI is InChI=1S/C12H9ClFN3O/c1-7-10(3-2-4-15-7)17-12(18)9-5-8(14)6-16-11(9)13/h2-6H,1H3,(H,17,18). The van der Waals surface area contributed by atoms with Gasteiger partial charge in [-0.1, -0.05) is 11.6 Å². The van der Waals surface area contributed by atoms with Crippen molar-refractivity contribution in [2.45, 2.75) is 6.92 Å². The second-order valence-corrected chi connectivity index (χ2v) is 3.94. The molecule has 1 N–H and O–H groups in total. The van der Waals surface area contributed by atoms with Gasteiger partial charge in [-0.2, -0.15) is 0 Å². The molecule has 0 atom stereocenters. The Labute approximate surface area is 108 Å². The minimum atomic E-state index is -0.618. The number of aryl methyl sites for hydroxylation is 1. The molecule has 0 spiro atoms. The van der Waals surface area contributed by atoms with E-state index in [1.807, 2.05) is 0 Å². The number of rotatable bonds is 2. The van der Waals surface area contributed by atoms with Crippen LogP contribution < -0.4 is 5.32 Å². The number of aromatic nitrogens is 2. The molecule has 0 unspecified atom stereocenters. The Morgan fingerprint density at radius 3 is 2.94 bits per heavy atom. The number of halogens is 2. The Balaban J connectivity index is 2.28. The molecule has 2 heterocycles. The first-order valence-electron chi connectivity index (χ1n) is 5.12. The number of hydrogen-bond acceptors (Lipinski definition) is 3. The number of anilines is 1. The van der Waals surface area contributed by atoms with Gasteiger partial charge in [-0.3, -0.25) is 9.78 Å². The van der Waals surface area contributed by atoms with E-state index in [4.69, 9.17) is 11.6 Å². The summed E-state index contributed by atoms with van der Waals surface area (Å²) < 4.78 is 13.0. The van der Waals surface area contributed by atoms with Crippen molar-refractivity contribution in [2.24, 2.45) is 0 Å². The summed E-state index contributed by atoms with van der Waals surface area (Å²) in [5.41, 5.74) is 1.19. The summed E-state index contributed by atoms with van der Waals surface area (Å²) in [6.07, 6.45) is 2.57. The predicted molar refractivity (Wildman–Crippen MR) is 66.1 cm³/mol. The Hall–Kier alpha value is -2.01. The minimum absolute atomic E-state index is 0.0140. The lowest BCUT2D eigenvalue weighted by molar-refractivity contribution is 0.102. The second-order valence-electron chi connectivity index (χ2n) is 3.58. The third-order valence-corrected chi connectivity index (χ3v) is 2.61. The van der Waals surface area contributed by atoms with E-state index >= 15 is 0 Å². The van der Waals surface area contributed by atoms with Crippen LogP contribution >= 0.6 is 11.6 Å². The molecule has 0 aliphatic carbocycles. The molecule has 0 saturated carbocycles. The van der Waals surface area contributed by atoms with Crippen molar-refractivity contribution in [3.05, 3.63) is 52.8 Å². The molecule has 2 rings (SSSR count). The number of hydrogen-bond donors (Lipinski definition) is 1. The lowest BCUT2D eigenvalue weighted by atomic mass is 10.2. The van der Waals surface area contributed by atoms with E-state index in [-0.39, 0.29) is 10.7 Å². The molecule has 0 fully saturated rings. The molecule has 18 heavy (non-hydrogen) atoms. The van der Waals surface area contributed by atoms with Gasteiger partial charge in [0.15, 0.2) is 0 Å². The van der Waals surface area contributed by atoms with Crippen LogP contribution in [0.1, 0.15) is 16.1 Å². The molecule has 0 aliphatic rings. The average molecular weight is 266 g/mol. The fourth-order valence-corrected chi connectivity index (χ4v) is 1.58. The van der Waals surface area contributed by atoms with Crippen molar-refractivity contribution in [1.82, 2.24) is 9.97 Å². The number of nitrogens with zero attached hydrogens (tertiary/aromatic N) is 2. The van der Waals surface area contributed by atoms with E-state index in [0.29, 0.717) is 11.4 Å². The highest BCUT2D eigenvalue weighted by Crippen LogP contribution is 2.17. The molecule has 2 aromatic rings. The minimum Gasteiger partial charge on any atom is -0.320 e. The largest absolute Gasteiger partial charge is 0.320 e. The molecular formula is C12H9ClFN3O. The zero-order chi connectivity index (χ0) is 13.1.